The lowest BCUT2D eigenvalue weighted by Crippen LogP contribution is -2.46. The molecule has 1 atom stereocenters. The first-order valence-corrected chi connectivity index (χ1v) is 9.36. The number of para-hydroxylation sites is 1. The summed E-state index contributed by atoms with van der Waals surface area (Å²) in [7, 11) is 0. The van der Waals surface area contributed by atoms with Crippen LogP contribution in [0.15, 0.2) is 24.3 Å². The molecule has 0 radical (unpaired) electrons. The Kier molecular flexibility index (Phi) is 9.75. The lowest BCUT2D eigenvalue weighted by atomic mass is 9.96. The van der Waals surface area contributed by atoms with E-state index in [0.717, 1.165) is 12.8 Å². The number of piperidine rings is 1. The van der Waals surface area contributed by atoms with Gasteiger partial charge in [0.05, 0.1) is 17.2 Å². The molecule has 1 saturated heterocycles. The van der Waals surface area contributed by atoms with Gasteiger partial charge in [-0.2, -0.15) is 0 Å². The molecule has 1 unspecified atom stereocenters. The molecule has 0 aromatic heterocycles. The third kappa shape index (κ3) is 6.69. The van der Waals surface area contributed by atoms with E-state index in [1.165, 1.54) is 0 Å². The Morgan fingerprint density at radius 1 is 1.25 bits per heavy atom. The quantitative estimate of drug-likeness (QED) is 0.568. The predicted octanol–water partition coefficient (Wildman–Crippen LogP) is 1.57. The van der Waals surface area contributed by atoms with Crippen molar-refractivity contribution in [3.05, 3.63) is 29.8 Å². The summed E-state index contributed by atoms with van der Waals surface area (Å²) in [5, 5.41) is 8.26. The van der Waals surface area contributed by atoms with Crippen LogP contribution in [0.5, 0.6) is 0 Å². The Balaban J connectivity index is 0.00000392. The molecule has 0 spiro atoms. The molecule has 1 aromatic rings. The number of carbonyl (C=O) groups excluding carboxylic acids is 3. The highest BCUT2D eigenvalue weighted by Crippen LogP contribution is 2.22. The van der Waals surface area contributed by atoms with Gasteiger partial charge in [-0.05, 0) is 38.8 Å². The van der Waals surface area contributed by atoms with Gasteiger partial charge in [-0.25, -0.2) is 4.79 Å². The van der Waals surface area contributed by atoms with Crippen molar-refractivity contribution in [1.29, 1.82) is 0 Å². The van der Waals surface area contributed by atoms with Gasteiger partial charge in [0.15, 0.2) is 0 Å². The van der Waals surface area contributed by atoms with Crippen LogP contribution in [0.3, 0.4) is 0 Å². The number of benzene rings is 1. The van der Waals surface area contributed by atoms with E-state index in [0.29, 0.717) is 37.4 Å². The van der Waals surface area contributed by atoms with Crippen LogP contribution in [0.4, 0.5) is 10.5 Å². The molecule has 28 heavy (non-hydrogen) atoms. The molecule has 156 valence electrons. The minimum absolute atomic E-state index is 0. The number of nitrogens with zero attached hydrogens (tertiary/aromatic N) is 1. The molecule has 5 N–H and O–H groups in total. The molecular weight excluding hydrogens is 382 g/mol. The molecule has 1 aromatic carbocycles. The summed E-state index contributed by atoms with van der Waals surface area (Å²) in [6, 6.07) is 6.54. The molecule has 8 nitrogen and oxygen atoms in total. The first-order chi connectivity index (χ1) is 12.9. The van der Waals surface area contributed by atoms with Crippen molar-refractivity contribution < 1.29 is 14.4 Å². The van der Waals surface area contributed by atoms with Gasteiger partial charge in [-0.1, -0.05) is 12.1 Å². The fourth-order valence-corrected chi connectivity index (χ4v) is 3.08. The number of amides is 4. The van der Waals surface area contributed by atoms with Crippen molar-refractivity contribution in [3.8, 4) is 0 Å². The molecule has 1 fully saturated rings. The summed E-state index contributed by atoms with van der Waals surface area (Å²) < 4.78 is 0. The molecule has 9 heteroatoms. The van der Waals surface area contributed by atoms with Gasteiger partial charge in [0.2, 0.25) is 5.91 Å². The number of likely N-dealkylation sites (tertiary alicyclic amines) is 1. The average molecular weight is 412 g/mol. The monoisotopic (exact) mass is 411 g/mol. The number of urea groups is 1. The van der Waals surface area contributed by atoms with Gasteiger partial charge in [-0.3, -0.25) is 9.59 Å². The van der Waals surface area contributed by atoms with E-state index in [-0.39, 0.29) is 42.2 Å². The highest BCUT2D eigenvalue weighted by Gasteiger charge is 2.29. The Bertz CT molecular complexity index is 683. The van der Waals surface area contributed by atoms with Crippen molar-refractivity contribution in [2.45, 2.75) is 32.7 Å². The van der Waals surface area contributed by atoms with E-state index in [1.54, 1.807) is 29.2 Å². The van der Waals surface area contributed by atoms with Crippen molar-refractivity contribution in [1.82, 2.24) is 15.5 Å². The zero-order valence-electron chi connectivity index (χ0n) is 16.4. The Morgan fingerprint density at radius 2 is 1.96 bits per heavy atom. The van der Waals surface area contributed by atoms with Crippen LogP contribution < -0.4 is 21.7 Å². The Labute approximate surface area is 172 Å². The maximum absolute atomic E-state index is 13.0. The third-order valence-electron chi connectivity index (χ3n) is 4.35. The first kappa shape index (κ1) is 23.7. The van der Waals surface area contributed by atoms with Gasteiger partial charge in [-0.15, -0.1) is 12.4 Å². The molecule has 1 heterocycles. The molecule has 0 bridgehead atoms. The largest absolute Gasteiger partial charge is 0.355 e. The molecule has 4 amide bonds. The SMILES string of the molecule is CC(C)NC(=O)Nc1ccccc1C(=O)N1CCCC(C(=O)NCCN)C1.Cl. The van der Waals surface area contributed by atoms with Gasteiger partial charge in [0.1, 0.15) is 0 Å². The third-order valence-corrected chi connectivity index (χ3v) is 4.35. The molecule has 2 rings (SSSR count). The van der Waals surface area contributed by atoms with Crippen molar-refractivity contribution in [2.24, 2.45) is 11.7 Å². The minimum Gasteiger partial charge on any atom is -0.355 e. The number of hydrogen-bond donors (Lipinski definition) is 4. The van der Waals surface area contributed by atoms with Gasteiger partial charge < -0.3 is 26.6 Å². The van der Waals surface area contributed by atoms with Gasteiger partial charge in [0, 0.05) is 32.2 Å². The topological polar surface area (TPSA) is 117 Å². The van der Waals surface area contributed by atoms with E-state index in [1.807, 2.05) is 13.8 Å². The number of hydrogen-bond acceptors (Lipinski definition) is 4. The summed E-state index contributed by atoms with van der Waals surface area (Å²) in [5.41, 5.74) is 6.30. The molecule has 1 aliphatic heterocycles. The molecule has 0 aliphatic carbocycles. The maximum Gasteiger partial charge on any atom is 0.319 e. The predicted molar refractivity (Wildman–Crippen MR) is 112 cm³/mol. The maximum atomic E-state index is 13.0. The number of nitrogens with two attached hydrogens (primary N) is 1. The fraction of sp³-hybridized carbons (Fsp3) is 0.526. The van der Waals surface area contributed by atoms with Crippen molar-refractivity contribution in [2.75, 3.05) is 31.5 Å². The second-order valence-corrected chi connectivity index (χ2v) is 6.97. The van der Waals surface area contributed by atoms with Crippen LogP contribution in [0.1, 0.15) is 37.0 Å². The van der Waals surface area contributed by atoms with E-state index >= 15 is 0 Å². The van der Waals surface area contributed by atoms with Crippen LogP contribution in [-0.2, 0) is 4.79 Å². The smallest absolute Gasteiger partial charge is 0.319 e. The number of anilines is 1. The Morgan fingerprint density at radius 3 is 2.64 bits per heavy atom. The van der Waals surface area contributed by atoms with Crippen LogP contribution in [-0.4, -0.2) is 55.0 Å². The second kappa shape index (κ2) is 11.5. The second-order valence-electron chi connectivity index (χ2n) is 6.97. The van der Waals surface area contributed by atoms with E-state index in [9.17, 15) is 14.4 Å². The summed E-state index contributed by atoms with van der Waals surface area (Å²) in [6.45, 7) is 5.49. The molecule has 1 aliphatic rings. The van der Waals surface area contributed by atoms with Crippen molar-refractivity contribution >= 4 is 35.9 Å². The molecule has 0 saturated carbocycles. The highest BCUT2D eigenvalue weighted by atomic mass is 35.5. The van der Waals surface area contributed by atoms with Crippen LogP contribution in [0.25, 0.3) is 0 Å². The lowest BCUT2D eigenvalue weighted by molar-refractivity contribution is -0.126. The number of rotatable bonds is 6. The first-order valence-electron chi connectivity index (χ1n) is 9.36. The highest BCUT2D eigenvalue weighted by molar-refractivity contribution is 6.03. The summed E-state index contributed by atoms with van der Waals surface area (Å²) >= 11 is 0. The number of carbonyl (C=O) groups is 3. The minimum atomic E-state index is -0.358. The van der Waals surface area contributed by atoms with Gasteiger partial charge >= 0.3 is 6.03 Å². The summed E-state index contributed by atoms with van der Waals surface area (Å²) in [4.78, 5) is 38.9. The Hall–Kier alpha value is -2.32. The standard InChI is InChI=1S/C19H29N5O3.ClH/c1-13(2)22-19(27)23-16-8-4-3-7-15(16)18(26)24-11-5-6-14(12-24)17(25)21-10-9-20;/h3-4,7-8,13-14H,5-6,9-12,20H2,1-2H3,(H,21,25)(H2,22,23,27);1H. The van der Waals surface area contributed by atoms with Crippen LogP contribution in [0, 0.1) is 5.92 Å². The fourth-order valence-electron chi connectivity index (χ4n) is 3.08. The van der Waals surface area contributed by atoms with E-state index in [2.05, 4.69) is 16.0 Å². The van der Waals surface area contributed by atoms with E-state index in [4.69, 9.17) is 5.73 Å². The zero-order valence-corrected chi connectivity index (χ0v) is 17.2. The van der Waals surface area contributed by atoms with Crippen LogP contribution in [0.2, 0.25) is 0 Å². The molecular formula is C19H30ClN5O3. The van der Waals surface area contributed by atoms with Crippen LogP contribution >= 0.6 is 12.4 Å². The lowest BCUT2D eigenvalue weighted by Gasteiger charge is -2.32. The zero-order chi connectivity index (χ0) is 19.8. The van der Waals surface area contributed by atoms with Gasteiger partial charge in [0.25, 0.3) is 5.91 Å². The number of nitrogens with one attached hydrogen (secondary N) is 3. The number of halogens is 1. The average Bonchev–Trinajstić information content (AvgIpc) is 2.65. The normalized spacial score (nSPS) is 16.1. The van der Waals surface area contributed by atoms with Crippen molar-refractivity contribution in [3.63, 3.8) is 0 Å². The summed E-state index contributed by atoms with van der Waals surface area (Å²) in [6.07, 6.45) is 1.51. The van der Waals surface area contributed by atoms with E-state index < -0.39 is 0 Å². The summed E-state index contributed by atoms with van der Waals surface area (Å²) in [5.74, 6) is -0.494.